The monoisotopic (exact) mass is 191 g/mol. The predicted octanol–water partition coefficient (Wildman–Crippen LogP) is 1.76. The lowest BCUT2D eigenvalue weighted by Crippen LogP contribution is -2.21. The van der Waals surface area contributed by atoms with Gasteiger partial charge < -0.3 is 10.6 Å². The molecule has 3 heteroatoms. The van der Waals surface area contributed by atoms with Crippen LogP contribution in [0.2, 0.25) is 0 Å². The fourth-order valence-electron chi connectivity index (χ4n) is 1.98. The molecule has 0 spiro atoms. The van der Waals surface area contributed by atoms with Gasteiger partial charge in [0.2, 0.25) is 0 Å². The summed E-state index contributed by atoms with van der Waals surface area (Å²) in [5.41, 5.74) is 6.67. The third-order valence-corrected chi connectivity index (χ3v) is 3.10. The average Bonchev–Trinajstić information content (AvgIpc) is 2.48. The van der Waals surface area contributed by atoms with Gasteiger partial charge in [0.15, 0.2) is 5.82 Å². The van der Waals surface area contributed by atoms with Gasteiger partial charge in [-0.3, -0.25) is 0 Å². The molecule has 2 N–H and O–H groups in total. The maximum Gasteiger partial charge on any atom is 0.151 e. The minimum atomic E-state index is 0.733. The van der Waals surface area contributed by atoms with Crippen molar-refractivity contribution in [3.05, 3.63) is 18.3 Å². The molecular formula is C11H17N3. The van der Waals surface area contributed by atoms with E-state index in [9.17, 15) is 0 Å². The topological polar surface area (TPSA) is 42.2 Å². The number of hydrogen-bond donors (Lipinski definition) is 1. The zero-order valence-corrected chi connectivity index (χ0v) is 8.77. The number of nitrogens with two attached hydrogens (primary N) is 1. The van der Waals surface area contributed by atoms with Crippen LogP contribution in [0.3, 0.4) is 0 Å². The van der Waals surface area contributed by atoms with E-state index in [1.54, 1.807) is 6.20 Å². The summed E-state index contributed by atoms with van der Waals surface area (Å²) in [6.45, 7) is 6.71. The minimum Gasteiger partial charge on any atom is -0.396 e. The first-order chi connectivity index (χ1) is 6.68. The van der Waals surface area contributed by atoms with Gasteiger partial charge >= 0.3 is 0 Å². The summed E-state index contributed by atoms with van der Waals surface area (Å²) in [7, 11) is 0. The molecule has 3 nitrogen and oxygen atoms in total. The van der Waals surface area contributed by atoms with Crippen molar-refractivity contribution >= 4 is 11.5 Å². The van der Waals surface area contributed by atoms with E-state index in [1.807, 2.05) is 12.1 Å². The van der Waals surface area contributed by atoms with Crippen molar-refractivity contribution in [1.29, 1.82) is 0 Å². The quantitative estimate of drug-likeness (QED) is 0.735. The predicted molar refractivity (Wildman–Crippen MR) is 59.2 cm³/mol. The van der Waals surface area contributed by atoms with Crippen molar-refractivity contribution in [2.75, 3.05) is 23.7 Å². The molecule has 1 aliphatic rings. The van der Waals surface area contributed by atoms with Crippen LogP contribution in [0.25, 0.3) is 0 Å². The van der Waals surface area contributed by atoms with Gasteiger partial charge in [-0.1, -0.05) is 13.8 Å². The summed E-state index contributed by atoms with van der Waals surface area (Å²) in [4.78, 5) is 6.61. The lowest BCUT2D eigenvalue weighted by atomic mass is 10.0. The molecule has 76 valence electrons. The Morgan fingerprint density at radius 2 is 2.00 bits per heavy atom. The summed E-state index contributed by atoms with van der Waals surface area (Å²) < 4.78 is 0. The van der Waals surface area contributed by atoms with Crippen LogP contribution < -0.4 is 10.6 Å². The molecular weight excluding hydrogens is 174 g/mol. The van der Waals surface area contributed by atoms with Crippen LogP contribution in [0.15, 0.2) is 18.3 Å². The van der Waals surface area contributed by atoms with E-state index in [2.05, 4.69) is 23.7 Å². The van der Waals surface area contributed by atoms with Gasteiger partial charge in [-0.15, -0.1) is 0 Å². The summed E-state index contributed by atoms with van der Waals surface area (Å²) in [5.74, 6) is 2.41. The van der Waals surface area contributed by atoms with Crippen LogP contribution in [-0.2, 0) is 0 Å². The number of rotatable bonds is 1. The van der Waals surface area contributed by atoms with Gasteiger partial charge in [0.25, 0.3) is 0 Å². The standard InChI is InChI=1S/C11H17N3/c1-8-6-14(7-9(8)2)11-10(12)4-3-5-13-11/h3-5,8-9H,6-7,12H2,1-2H3. The highest BCUT2D eigenvalue weighted by molar-refractivity contribution is 5.62. The summed E-state index contributed by atoms with van der Waals surface area (Å²) >= 11 is 0. The maximum absolute atomic E-state index is 5.89. The number of aromatic nitrogens is 1. The molecule has 1 fully saturated rings. The lowest BCUT2D eigenvalue weighted by molar-refractivity contribution is 0.494. The molecule has 0 aliphatic carbocycles. The fraction of sp³-hybridized carbons (Fsp3) is 0.545. The molecule has 2 atom stereocenters. The van der Waals surface area contributed by atoms with Crippen LogP contribution in [-0.4, -0.2) is 18.1 Å². The van der Waals surface area contributed by atoms with Gasteiger partial charge in [0.1, 0.15) is 0 Å². The van der Waals surface area contributed by atoms with Crippen molar-refractivity contribution in [1.82, 2.24) is 4.98 Å². The van der Waals surface area contributed by atoms with E-state index >= 15 is 0 Å². The second-order valence-electron chi connectivity index (χ2n) is 4.28. The van der Waals surface area contributed by atoms with Crippen molar-refractivity contribution in [2.45, 2.75) is 13.8 Å². The highest BCUT2D eigenvalue weighted by Crippen LogP contribution is 2.29. The lowest BCUT2D eigenvalue weighted by Gasteiger charge is -2.18. The molecule has 0 saturated carbocycles. The Bertz CT molecular complexity index is 314. The largest absolute Gasteiger partial charge is 0.396 e. The normalized spacial score (nSPS) is 26.9. The summed E-state index contributed by atoms with van der Waals surface area (Å²) in [5, 5.41) is 0. The zero-order chi connectivity index (χ0) is 10.1. The number of pyridine rings is 1. The second-order valence-corrected chi connectivity index (χ2v) is 4.28. The van der Waals surface area contributed by atoms with E-state index in [-0.39, 0.29) is 0 Å². The minimum absolute atomic E-state index is 0.733. The number of nitrogen functional groups attached to an aromatic ring is 1. The smallest absolute Gasteiger partial charge is 0.151 e. The van der Waals surface area contributed by atoms with Crippen LogP contribution in [0.4, 0.5) is 11.5 Å². The molecule has 2 unspecified atom stereocenters. The molecule has 2 rings (SSSR count). The Kier molecular flexibility index (Phi) is 2.32. The molecule has 0 bridgehead atoms. The first-order valence-electron chi connectivity index (χ1n) is 5.14. The molecule has 2 heterocycles. The second kappa shape index (κ2) is 3.48. The molecule has 0 aromatic carbocycles. The van der Waals surface area contributed by atoms with Gasteiger partial charge in [0, 0.05) is 19.3 Å². The molecule has 1 aromatic heterocycles. The fourth-order valence-corrected chi connectivity index (χ4v) is 1.98. The maximum atomic E-state index is 5.89. The van der Waals surface area contributed by atoms with E-state index in [0.29, 0.717) is 0 Å². The third-order valence-electron chi connectivity index (χ3n) is 3.10. The molecule has 1 aliphatic heterocycles. The number of anilines is 2. The summed E-state index contributed by atoms with van der Waals surface area (Å²) in [6.07, 6.45) is 1.80. The molecule has 0 amide bonds. The Hall–Kier alpha value is -1.25. The van der Waals surface area contributed by atoms with Crippen LogP contribution in [0.1, 0.15) is 13.8 Å². The van der Waals surface area contributed by atoms with Crippen molar-refractivity contribution in [3.63, 3.8) is 0 Å². The van der Waals surface area contributed by atoms with Crippen molar-refractivity contribution in [2.24, 2.45) is 11.8 Å². The molecule has 1 aromatic rings. The first kappa shape index (κ1) is 9.31. The zero-order valence-electron chi connectivity index (χ0n) is 8.77. The van der Waals surface area contributed by atoms with E-state index in [0.717, 1.165) is 36.4 Å². The van der Waals surface area contributed by atoms with Crippen LogP contribution >= 0.6 is 0 Å². The van der Waals surface area contributed by atoms with E-state index < -0.39 is 0 Å². The third kappa shape index (κ3) is 1.54. The first-order valence-corrected chi connectivity index (χ1v) is 5.14. The Balaban J connectivity index is 2.21. The van der Waals surface area contributed by atoms with E-state index in [1.165, 1.54) is 0 Å². The van der Waals surface area contributed by atoms with E-state index in [4.69, 9.17) is 5.73 Å². The molecule has 14 heavy (non-hydrogen) atoms. The highest BCUT2D eigenvalue weighted by Gasteiger charge is 2.27. The Morgan fingerprint density at radius 1 is 1.36 bits per heavy atom. The Labute approximate surface area is 84.9 Å². The SMILES string of the molecule is CC1CN(c2ncccc2N)CC1C. The Morgan fingerprint density at radius 3 is 2.57 bits per heavy atom. The average molecular weight is 191 g/mol. The van der Waals surface area contributed by atoms with Crippen LogP contribution in [0.5, 0.6) is 0 Å². The van der Waals surface area contributed by atoms with Gasteiger partial charge in [0.05, 0.1) is 5.69 Å². The number of nitrogens with zero attached hydrogens (tertiary/aromatic N) is 2. The van der Waals surface area contributed by atoms with Crippen LogP contribution in [0, 0.1) is 11.8 Å². The van der Waals surface area contributed by atoms with Crippen molar-refractivity contribution < 1.29 is 0 Å². The highest BCUT2D eigenvalue weighted by atomic mass is 15.2. The summed E-state index contributed by atoms with van der Waals surface area (Å²) in [6, 6.07) is 3.79. The van der Waals surface area contributed by atoms with Gasteiger partial charge in [-0.05, 0) is 24.0 Å². The molecule has 1 saturated heterocycles. The van der Waals surface area contributed by atoms with Gasteiger partial charge in [-0.25, -0.2) is 4.98 Å². The number of hydrogen-bond acceptors (Lipinski definition) is 3. The molecule has 0 radical (unpaired) electrons. The van der Waals surface area contributed by atoms with Gasteiger partial charge in [-0.2, -0.15) is 0 Å². The van der Waals surface area contributed by atoms with Crippen molar-refractivity contribution in [3.8, 4) is 0 Å².